The summed E-state index contributed by atoms with van der Waals surface area (Å²) in [6.45, 7) is 1.72. The maximum atomic E-state index is 12.3. The highest BCUT2D eigenvalue weighted by Crippen LogP contribution is 2.33. The molecule has 1 heterocycles. The van der Waals surface area contributed by atoms with Gasteiger partial charge in [0.2, 0.25) is 5.91 Å². The minimum atomic E-state index is 0.0263. The molecule has 19 heavy (non-hydrogen) atoms. The average Bonchev–Trinajstić information content (AvgIpc) is 3.27. The number of hydrogen-bond donors (Lipinski definition) is 2. The molecule has 0 bridgehead atoms. The summed E-state index contributed by atoms with van der Waals surface area (Å²) in [6, 6.07) is 8.15. The maximum absolute atomic E-state index is 12.3. The molecule has 1 aliphatic heterocycles. The van der Waals surface area contributed by atoms with Crippen LogP contribution in [0, 0.1) is 5.92 Å². The highest BCUT2D eigenvalue weighted by molar-refractivity contribution is 5.86. The normalized spacial score (nSPS) is 21.4. The Morgan fingerprint density at radius 3 is 2.95 bits per heavy atom. The molecule has 0 aromatic heterocycles. The first-order valence-corrected chi connectivity index (χ1v) is 7.45. The maximum Gasteiger partial charge on any atom is 0.227 e. The lowest BCUT2D eigenvalue weighted by atomic mass is 9.90. The van der Waals surface area contributed by atoms with Crippen LogP contribution in [0.5, 0.6) is 0 Å². The first-order chi connectivity index (χ1) is 9.34. The number of amides is 1. The molecule has 1 aliphatic carbocycles. The quantitative estimate of drug-likeness (QED) is 0.797. The molecule has 2 N–H and O–H groups in total. The average molecular weight is 258 g/mol. The van der Waals surface area contributed by atoms with Crippen LogP contribution in [0.2, 0.25) is 0 Å². The molecule has 1 saturated carbocycles. The van der Waals surface area contributed by atoms with Crippen molar-refractivity contribution in [1.82, 2.24) is 5.32 Å². The summed E-state index contributed by atoms with van der Waals surface area (Å²) >= 11 is 0. The highest BCUT2D eigenvalue weighted by Gasteiger charge is 2.26. The second-order valence-electron chi connectivity index (χ2n) is 5.73. The molecule has 0 radical (unpaired) electrons. The molecule has 102 valence electrons. The Labute approximate surface area is 114 Å². The molecule has 1 fully saturated rings. The summed E-state index contributed by atoms with van der Waals surface area (Å²) < 4.78 is 0. The molecule has 3 rings (SSSR count). The van der Waals surface area contributed by atoms with E-state index >= 15 is 0 Å². The fourth-order valence-electron chi connectivity index (χ4n) is 2.87. The van der Waals surface area contributed by atoms with Crippen molar-refractivity contribution < 1.29 is 4.79 Å². The number of carbonyl (C=O) groups excluding carboxylic acids is 1. The molecule has 1 atom stereocenters. The van der Waals surface area contributed by atoms with Crippen LogP contribution in [0.4, 0.5) is 5.69 Å². The van der Waals surface area contributed by atoms with Gasteiger partial charge >= 0.3 is 0 Å². The predicted molar refractivity (Wildman–Crippen MR) is 77.3 cm³/mol. The highest BCUT2D eigenvalue weighted by atomic mass is 16.1. The van der Waals surface area contributed by atoms with Crippen molar-refractivity contribution in [2.45, 2.75) is 38.0 Å². The zero-order valence-electron chi connectivity index (χ0n) is 11.3. The number of hydrogen-bond acceptors (Lipinski definition) is 2. The van der Waals surface area contributed by atoms with Crippen LogP contribution >= 0.6 is 0 Å². The molecule has 1 amide bonds. The number of rotatable bonds is 5. The number of para-hydroxylation sites is 1. The lowest BCUT2D eigenvalue weighted by Crippen LogP contribution is -2.33. The van der Waals surface area contributed by atoms with Gasteiger partial charge in [-0.1, -0.05) is 31.0 Å². The van der Waals surface area contributed by atoms with Gasteiger partial charge in [-0.05, 0) is 36.8 Å². The topological polar surface area (TPSA) is 41.1 Å². The summed E-state index contributed by atoms with van der Waals surface area (Å²) in [6.07, 6.45) is 6.10. The second kappa shape index (κ2) is 5.64. The Bertz CT molecular complexity index is 454. The lowest BCUT2D eigenvalue weighted by Gasteiger charge is -2.25. The zero-order chi connectivity index (χ0) is 13.1. The third-order valence-electron chi connectivity index (χ3n) is 4.19. The standard InChI is InChI=1S/C16H22N2O/c19-16(18-10-3-4-12-7-8-12)14-9-11-17-15-6-2-1-5-13(14)15/h1-2,5-6,12,14,17H,3-4,7-11H2,(H,18,19). The molecule has 2 aliphatic rings. The predicted octanol–water partition coefficient (Wildman–Crippen LogP) is 2.89. The van der Waals surface area contributed by atoms with Crippen LogP contribution in [0.25, 0.3) is 0 Å². The van der Waals surface area contributed by atoms with Crippen LogP contribution in [-0.2, 0) is 4.79 Å². The lowest BCUT2D eigenvalue weighted by molar-refractivity contribution is -0.122. The summed E-state index contributed by atoms with van der Waals surface area (Å²) in [5.74, 6) is 1.18. The molecule has 3 nitrogen and oxygen atoms in total. The van der Waals surface area contributed by atoms with Crippen LogP contribution in [0.3, 0.4) is 0 Å². The van der Waals surface area contributed by atoms with E-state index in [1.807, 2.05) is 12.1 Å². The van der Waals surface area contributed by atoms with Crippen LogP contribution in [-0.4, -0.2) is 19.0 Å². The first-order valence-electron chi connectivity index (χ1n) is 7.45. The van der Waals surface area contributed by atoms with Crippen molar-refractivity contribution in [3.8, 4) is 0 Å². The van der Waals surface area contributed by atoms with Gasteiger partial charge < -0.3 is 10.6 Å². The Morgan fingerprint density at radius 2 is 2.11 bits per heavy atom. The number of anilines is 1. The van der Waals surface area contributed by atoms with Crippen molar-refractivity contribution >= 4 is 11.6 Å². The molecule has 3 heteroatoms. The van der Waals surface area contributed by atoms with Crippen LogP contribution < -0.4 is 10.6 Å². The first kappa shape index (κ1) is 12.5. The van der Waals surface area contributed by atoms with Gasteiger partial charge in [0, 0.05) is 18.8 Å². The number of nitrogens with one attached hydrogen (secondary N) is 2. The smallest absolute Gasteiger partial charge is 0.227 e. The Kier molecular flexibility index (Phi) is 3.72. The van der Waals surface area contributed by atoms with E-state index in [1.165, 1.54) is 19.3 Å². The fourth-order valence-corrected chi connectivity index (χ4v) is 2.87. The van der Waals surface area contributed by atoms with Crippen molar-refractivity contribution in [2.75, 3.05) is 18.4 Å². The van der Waals surface area contributed by atoms with Crippen LogP contribution in [0.1, 0.15) is 43.6 Å². The van der Waals surface area contributed by atoms with Crippen molar-refractivity contribution in [2.24, 2.45) is 5.92 Å². The van der Waals surface area contributed by atoms with E-state index in [0.29, 0.717) is 0 Å². The van der Waals surface area contributed by atoms with Crippen molar-refractivity contribution in [1.29, 1.82) is 0 Å². The Balaban J connectivity index is 1.54. The molecular weight excluding hydrogens is 236 g/mol. The molecule has 0 spiro atoms. The van der Waals surface area contributed by atoms with Crippen molar-refractivity contribution in [3.05, 3.63) is 29.8 Å². The van der Waals surface area contributed by atoms with Gasteiger partial charge in [0.1, 0.15) is 0 Å². The molecule has 1 unspecified atom stereocenters. The minimum absolute atomic E-state index is 0.0263. The van der Waals surface area contributed by atoms with E-state index in [0.717, 1.165) is 43.1 Å². The van der Waals surface area contributed by atoms with Crippen LogP contribution in [0.15, 0.2) is 24.3 Å². The third-order valence-corrected chi connectivity index (χ3v) is 4.19. The van der Waals surface area contributed by atoms with Gasteiger partial charge in [0.15, 0.2) is 0 Å². The molecule has 1 aromatic carbocycles. The largest absolute Gasteiger partial charge is 0.385 e. The van der Waals surface area contributed by atoms with Gasteiger partial charge in [0.25, 0.3) is 0 Å². The summed E-state index contributed by atoms with van der Waals surface area (Å²) in [7, 11) is 0. The van der Waals surface area contributed by atoms with E-state index in [-0.39, 0.29) is 11.8 Å². The van der Waals surface area contributed by atoms with E-state index in [1.54, 1.807) is 0 Å². The summed E-state index contributed by atoms with van der Waals surface area (Å²) in [5.41, 5.74) is 2.26. The third kappa shape index (κ3) is 3.09. The van der Waals surface area contributed by atoms with Gasteiger partial charge in [0.05, 0.1) is 5.92 Å². The molecular formula is C16H22N2O. The van der Waals surface area contributed by atoms with E-state index < -0.39 is 0 Å². The fraction of sp³-hybridized carbons (Fsp3) is 0.562. The van der Waals surface area contributed by atoms with E-state index in [9.17, 15) is 4.79 Å². The SMILES string of the molecule is O=C(NCCCC1CC1)C1CCNc2ccccc21. The Morgan fingerprint density at radius 1 is 1.26 bits per heavy atom. The molecule has 1 aromatic rings. The number of fused-ring (bicyclic) bond motifs is 1. The van der Waals surface area contributed by atoms with E-state index in [2.05, 4.69) is 22.8 Å². The zero-order valence-corrected chi connectivity index (χ0v) is 11.3. The van der Waals surface area contributed by atoms with Gasteiger partial charge in [-0.3, -0.25) is 4.79 Å². The second-order valence-corrected chi connectivity index (χ2v) is 5.73. The number of carbonyl (C=O) groups is 1. The Hall–Kier alpha value is -1.51. The van der Waals surface area contributed by atoms with E-state index in [4.69, 9.17) is 0 Å². The van der Waals surface area contributed by atoms with Gasteiger partial charge in [-0.2, -0.15) is 0 Å². The van der Waals surface area contributed by atoms with Gasteiger partial charge in [-0.15, -0.1) is 0 Å². The number of benzene rings is 1. The molecule has 0 saturated heterocycles. The minimum Gasteiger partial charge on any atom is -0.385 e. The summed E-state index contributed by atoms with van der Waals surface area (Å²) in [5, 5.41) is 6.47. The van der Waals surface area contributed by atoms with Crippen molar-refractivity contribution in [3.63, 3.8) is 0 Å². The summed E-state index contributed by atoms with van der Waals surface area (Å²) in [4.78, 5) is 12.3. The monoisotopic (exact) mass is 258 g/mol. The van der Waals surface area contributed by atoms with Gasteiger partial charge in [-0.25, -0.2) is 0 Å².